The van der Waals surface area contributed by atoms with Crippen LogP contribution in [0.1, 0.15) is 27.4 Å². The lowest BCUT2D eigenvalue weighted by atomic mass is 10.1. The summed E-state index contributed by atoms with van der Waals surface area (Å²) in [5, 5.41) is 8.79. The van der Waals surface area contributed by atoms with E-state index in [4.69, 9.17) is 9.52 Å². The summed E-state index contributed by atoms with van der Waals surface area (Å²) in [7, 11) is 1.69. The maximum absolute atomic E-state index is 12.3. The Kier molecular flexibility index (Phi) is 4.75. The molecule has 0 saturated carbocycles. The number of hydrogen-bond donors (Lipinski definition) is 1. The Morgan fingerprint density at radius 2 is 2.19 bits per heavy atom. The van der Waals surface area contributed by atoms with Gasteiger partial charge in [0.05, 0.1) is 5.69 Å². The van der Waals surface area contributed by atoms with Crippen LogP contribution >= 0.6 is 0 Å². The quantitative estimate of drug-likeness (QED) is 0.869. The summed E-state index contributed by atoms with van der Waals surface area (Å²) >= 11 is 0. The number of oxazole rings is 1. The average Bonchev–Trinajstić information content (AvgIpc) is 2.91. The number of amides is 1. The summed E-state index contributed by atoms with van der Waals surface area (Å²) in [6.45, 7) is 1.93. The van der Waals surface area contributed by atoms with Gasteiger partial charge in [0, 0.05) is 19.2 Å². The summed E-state index contributed by atoms with van der Waals surface area (Å²) in [4.78, 5) is 17.7. The van der Waals surface area contributed by atoms with Gasteiger partial charge in [0.25, 0.3) is 5.91 Å². The molecule has 0 aliphatic heterocycles. The molecule has 0 aliphatic carbocycles. The summed E-state index contributed by atoms with van der Waals surface area (Å²) in [5.74, 6) is 5.52. The van der Waals surface area contributed by atoms with Crippen molar-refractivity contribution in [1.82, 2.24) is 9.88 Å². The van der Waals surface area contributed by atoms with Gasteiger partial charge < -0.3 is 14.4 Å². The number of hydrogen-bond acceptors (Lipinski definition) is 4. The summed E-state index contributed by atoms with van der Waals surface area (Å²) in [6, 6.07) is 7.51. The second-order valence-corrected chi connectivity index (χ2v) is 4.55. The van der Waals surface area contributed by atoms with E-state index in [2.05, 4.69) is 16.8 Å². The Hall–Kier alpha value is -2.58. The normalized spacial score (nSPS) is 9.86. The number of aryl methyl sites for hydroxylation is 1. The molecule has 0 unspecified atom stereocenters. The SMILES string of the molecule is Cc1ncoc1C(=O)N(C)Cc1ccccc1C#CCO. The van der Waals surface area contributed by atoms with Crippen molar-refractivity contribution in [3.8, 4) is 11.8 Å². The first-order chi connectivity index (χ1) is 10.1. The number of nitrogens with zero attached hydrogens (tertiary/aromatic N) is 2. The highest BCUT2D eigenvalue weighted by molar-refractivity contribution is 5.92. The highest BCUT2D eigenvalue weighted by Gasteiger charge is 2.19. The fraction of sp³-hybridized carbons (Fsp3) is 0.250. The molecule has 2 aromatic rings. The predicted octanol–water partition coefficient (Wildman–Crippen LogP) is 1.60. The largest absolute Gasteiger partial charge is 0.438 e. The van der Waals surface area contributed by atoms with Crippen LogP contribution in [0.15, 0.2) is 35.1 Å². The molecule has 1 aromatic carbocycles. The van der Waals surface area contributed by atoms with Crippen LogP contribution in [-0.4, -0.2) is 34.6 Å². The minimum absolute atomic E-state index is 0.194. The molecule has 1 heterocycles. The Bertz CT molecular complexity index is 695. The first-order valence-corrected chi connectivity index (χ1v) is 6.46. The zero-order valence-electron chi connectivity index (χ0n) is 12.0. The second-order valence-electron chi connectivity index (χ2n) is 4.55. The van der Waals surface area contributed by atoms with Gasteiger partial charge in [-0.25, -0.2) is 4.98 Å². The summed E-state index contributed by atoms with van der Waals surface area (Å²) in [6.07, 6.45) is 1.26. The van der Waals surface area contributed by atoms with E-state index in [1.54, 1.807) is 18.9 Å². The van der Waals surface area contributed by atoms with Crippen LogP contribution < -0.4 is 0 Å². The van der Waals surface area contributed by atoms with E-state index in [1.165, 1.54) is 6.39 Å². The van der Waals surface area contributed by atoms with Crippen molar-refractivity contribution in [3.05, 3.63) is 53.2 Å². The molecule has 108 valence electrons. The number of rotatable bonds is 3. The van der Waals surface area contributed by atoms with Crippen LogP contribution in [0.25, 0.3) is 0 Å². The molecule has 0 radical (unpaired) electrons. The van der Waals surface area contributed by atoms with Crippen LogP contribution in [0.3, 0.4) is 0 Å². The van der Waals surface area contributed by atoms with Gasteiger partial charge in [0.15, 0.2) is 6.39 Å². The molecule has 5 nitrogen and oxygen atoms in total. The van der Waals surface area contributed by atoms with Crippen molar-refractivity contribution in [1.29, 1.82) is 0 Å². The molecule has 0 spiro atoms. The van der Waals surface area contributed by atoms with Crippen LogP contribution in [0.2, 0.25) is 0 Å². The minimum atomic E-state index is -0.227. The Morgan fingerprint density at radius 3 is 2.86 bits per heavy atom. The van der Waals surface area contributed by atoms with Gasteiger partial charge in [-0.2, -0.15) is 0 Å². The van der Waals surface area contributed by atoms with Crippen LogP contribution in [-0.2, 0) is 6.54 Å². The first-order valence-electron chi connectivity index (χ1n) is 6.46. The van der Waals surface area contributed by atoms with Crippen molar-refractivity contribution in [2.45, 2.75) is 13.5 Å². The molecule has 0 aliphatic rings. The van der Waals surface area contributed by atoms with Gasteiger partial charge in [-0.05, 0) is 18.6 Å². The maximum Gasteiger partial charge on any atom is 0.291 e. The van der Waals surface area contributed by atoms with Gasteiger partial charge in [0.1, 0.15) is 6.61 Å². The van der Waals surface area contributed by atoms with E-state index < -0.39 is 0 Å². The Labute approximate surface area is 123 Å². The number of carbonyl (C=O) groups is 1. The molecule has 5 heteroatoms. The molecule has 0 saturated heterocycles. The van der Waals surface area contributed by atoms with Crippen molar-refractivity contribution < 1.29 is 14.3 Å². The van der Waals surface area contributed by atoms with Crippen molar-refractivity contribution in [2.24, 2.45) is 0 Å². The van der Waals surface area contributed by atoms with Crippen molar-refractivity contribution >= 4 is 5.91 Å². The van der Waals surface area contributed by atoms with Crippen molar-refractivity contribution in [3.63, 3.8) is 0 Å². The average molecular weight is 284 g/mol. The van der Waals surface area contributed by atoms with Crippen LogP contribution in [0.5, 0.6) is 0 Å². The minimum Gasteiger partial charge on any atom is -0.438 e. The van der Waals surface area contributed by atoms with Gasteiger partial charge in [-0.3, -0.25) is 4.79 Å². The lowest BCUT2D eigenvalue weighted by Gasteiger charge is -2.17. The molecule has 1 aromatic heterocycles. The third-order valence-electron chi connectivity index (χ3n) is 3.01. The molecule has 1 N–H and O–H groups in total. The lowest BCUT2D eigenvalue weighted by Crippen LogP contribution is -2.26. The molecule has 1 amide bonds. The molecule has 0 fully saturated rings. The standard InChI is InChI=1S/C16H16N2O3/c1-12-15(21-11-17-12)16(20)18(2)10-14-7-4-3-6-13(14)8-5-9-19/h3-4,6-7,11,19H,9-10H2,1-2H3. The van der Waals surface area contributed by atoms with E-state index in [9.17, 15) is 4.79 Å². The third kappa shape index (κ3) is 3.50. The fourth-order valence-corrected chi connectivity index (χ4v) is 1.92. The lowest BCUT2D eigenvalue weighted by molar-refractivity contribution is 0.0752. The fourth-order valence-electron chi connectivity index (χ4n) is 1.92. The molecular formula is C16H16N2O3. The van der Waals surface area contributed by atoms with Gasteiger partial charge in [0.2, 0.25) is 5.76 Å². The Balaban J connectivity index is 2.18. The number of aromatic nitrogens is 1. The van der Waals surface area contributed by atoms with E-state index in [0.29, 0.717) is 12.2 Å². The number of aliphatic hydroxyl groups is 1. The first kappa shape index (κ1) is 14.8. The van der Waals surface area contributed by atoms with E-state index in [-0.39, 0.29) is 18.3 Å². The smallest absolute Gasteiger partial charge is 0.291 e. The van der Waals surface area contributed by atoms with Crippen molar-refractivity contribution in [2.75, 3.05) is 13.7 Å². The second kappa shape index (κ2) is 6.73. The zero-order chi connectivity index (χ0) is 15.2. The third-order valence-corrected chi connectivity index (χ3v) is 3.01. The molecule has 21 heavy (non-hydrogen) atoms. The highest BCUT2D eigenvalue weighted by Crippen LogP contribution is 2.14. The van der Waals surface area contributed by atoms with Gasteiger partial charge in [-0.15, -0.1) is 0 Å². The summed E-state index contributed by atoms with van der Waals surface area (Å²) in [5.41, 5.74) is 2.27. The molecule has 2 rings (SSSR count). The molecule has 0 bridgehead atoms. The number of aliphatic hydroxyl groups excluding tert-OH is 1. The maximum atomic E-state index is 12.3. The number of benzene rings is 1. The predicted molar refractivity (Wildman–Crippen MR) is 77.4 cm³/mol. The van der Waals surface area contributed by atoms with E-state index >= 15 is 0 Å². The molecular weight excluding hydrogens is 268 g/mol. The Morgan fingerprint density at radius 1 is 1.43 bits per heavy atom. The van der Waals surface area contributed by atoms with E-state index in [1.807, 2.05) is 24.3 Å². The van der Waals surface area contributed by atoms with Crippen LogP contribution in [0.4, 0.5) is 0 Å². The zero-order valence-corrected chi connectivity index (χ0v) is 12.0. The highest BCUT2D eigenvalue weighted by atomic mass is 16.3. The monoisotopic (exact) mass is 284 g/mol. The topological polar surface area (TPSA) is 66.6 Å². The van der Waals surface area contributed by atoms with Gasteiger partial charge >= 0.3 is 0 Å². The number of carbonyl (C=O) groups excluding carboxylic acids is 1. The van der Waals surface area contributed by atoms with Crippen LogP contribution in [0, 0.1) is 18.8 Å². The summed E-state index contributed by atoms with van der Waals surface area (Å²) < 4.78 is 5.12. The molecule has 0 atom stereocenters. The van der Waals surface area contributed by atoms with Gasteiger partial charge in [-0.1, -0.05) is 30.0 Å². The van der Waals surface area contributed by atoms with E-state index in [0.717, 1.165) is 11.1 Å².